The van der Waals surface area contributed by atoms with Crippen LogP contribution in [0.25, 0.3) is 33.9 Å². The zero-order valence-electron chi connectivity index (χ0n) is 18.0. The number of carbonyl (C=O) groups excluding carboxylic acids is 1. The minimum absolute atomic E-state index is 0.00961. The molecule has 3 aromatic heterocycles. The summed E-state index contributed by atoms with van der Waals surface area (Å²) in [6.45, 7) is 1.84. The molecule has 1 aliphatic rings. The highest BCUT2D eigenvalue weighted by molar-refractivity contribution is 5.83. The first-order valence-corrected chi connectivity index (χ1v) is 10.9. The maximum atomic E-state index is 13.2. The number of pyridine rings is 2. The van der Waals surface area contributed by atoms with Crippen LogP contribution in [0.4, 0.5) is 4.39 Å². The number of nitrogens with zero attached hydrogens (tertiary/aromatic N) is 4. The molecule has 4 aromatic rings. The lowest BCUT2D eigenvalue weighted by Crippen LogP contribution is -2.35. The van der Waals surface area contributed by atoms with Gasteiger partial charge in [-0.25, -0.2) is 9.37 Å². The molecule has 0 aliphatic heterocycles. The molecule has 0 radical (unpaired) electrons. The number of aromatic nitrogens is 4. The predicted molar refractivity (Wildman–Crippen MR) is 120 cm³/mol. The summed E-state index contributed by atoms with van der Waals surface area (Å²) in [5.74, 6) is -0.263. The van der Waals surface area contributed by atoms with Gasteiger partial charge in [-0.3, -0.25) is 9.59 Å². The fraction of sp³-hybridized carbons (Fsp3) is 0.292. The van der Waals surface area contributed by atoms with E-state index < -0.39 is 0 Å². The second-order valence-electron chi connectivity index (χ2n) is 8.30. The largest absolute Gasteiger partial charge is 0.352 e. The van der Waals surface area contributed by atoms with Crippen LogP contribution in [-0.4, -0.2) is 31.6 Å². The summed E-state index contributed by atoms with van der Waals surface area (Å²) in [4.78, 5) is 34.8. The average molecular weight is 447 g/mol. The summed E-state index contributed by atoms with van der Waals surface area (Å²) in [5, 5.41) is 7.35. The molecule has 0 bridgehead atoms. The summed E-state index contributed by atoms with van der Waals surface area (Å²) in [6, 6.07) is 9.27. The van der Waals surface area contributed by atoms with E-state index in [0.717, 1.165) is 31.4 Å². The van der Waals surface area contributed by atoms with E-state index in [9.17, 15) is 14.0 Å². The molecule has 1 aromatic carbocycles. The van der Waals surface area contributed by atoms with Crippen molar-refractivity contribution in [3.63, 3.8) is 0 Å². The lowest BCUT2D eigenvalue weighted by molar-refractivity contribution is -0.122. The molecular formula is C24H22FN5O3. The monoisotopic (exact) mass is 447 g/mol. The molecule has 3 heterocycles. The first-order valence-electron chi connectivity index (χ1n) is 10.9. The molecule has 168 valence electrons. The van der Waals surface area contributed by atoms with Crippen molar-refractivity contribution in [3.8, 4) is 22.8 Å². The van der Waals surface area contributed by atoms with Crippen molar-refractivity contribution in [2.45, 2.75) is 45.2 Å². The van der Waals surface area contributed by atoms with Gasteiger partial charge in [-0.1, -0.05) is 18.0 Å². The minimum Gasteiger partial charge on any atom is -0.352 e. The lowest BCUT2D eigenvalue weighted by atomic mass is 10.1. The normalized spacial score (nSPS) is 14.1. The molecule has 0 spiro atoms. The predicted octanol–water partition coefficient (Wildman–Crippen LogP) is 3.62. The van der Waals surface area contributed by atoms with E-state index in [4.69, 9.17) is 4.52 Å². The van der Waals surface area contributed by atoms with Crippen LogP contribution in [0.15, 0.2) is 51.9 Å². The Kier molecular flexibility index (Phi) is 5.45. The van der Waals surface area contributed by atoms with Gasteiger partial charge in [-0.15, -0.1) is 0 Å². The van der Waals surface area contributed by atoms with Gasteiger partial charge in [0, 0.05) is 23.5 Å². The first kappa shape index (κ1) is 21.0. The number of nitrogens with one attached hydrogen (secondary N) is 1. The van der Waals surface area contributed by atoms with Crippen molar-refractivity contribution in [1.29, 1.82) is 0 Å². The van der Waals surface area contributed by atoms with Gasteiger partial charge in [0.05, 0.1) is 5.39 Å². The molecule has 0 saturated heterocycles. The number of hydrogen-bond acceptors (Lipinski definition) is 6. The number of aryl methyl sites for hydroxylation is 1. The third-order valence-corrected chi connectivity index (χ3v) is 5.85. The summed E-state index contributed by atoms with van der Waals surface area (Å²) < 4.78 is 20.2. The van der Waals surface area contributed by atoms with E-state index in [0.29, 0.717) is 16.6 Å². The lowest BCUT2D eigenvalue weighted by Gasteiger charge is -2.15. The highest BCUT2D eigenvalue weighted by Gasteiger charge is 2.21. The van der Waals surface area contributed by atoms with Gasteiger partial charge in [0.25, 0.3) is 5.89 Å². The molecular weight excluding hydrogens is 425 g/mol. The Morgan fingerprint density at radius 1 is 1.15 bits per heavy atom. The summed E-state index contributed by atoms with van der Waals surface area (Å²) in [6.07, 6.45) is 5.73. The number of fused-ring (bicyclic) bond motifs is 1. The van der Waals surface area contributed by atoms with Gasteiger partial charge < -0.3 is 14.4 Å². The Morgan fingerprint density at radius 3 is 2.67 bits per heavy atom. The van der Waals surface area contributed by atoms with E-state index >= 15 is 0 Å². The third-order valence-electron chi connectivity index (χ3n) is 5.85. The van der Waals surface area contributed by atoms with Crippen molar-refractivity contribution >= 4 is 16.9 Å². The Labute approximate surface area is 188 Å². The maximum Gasteiger partial charge on any atom is 0.263 e. The number of carbonyl (C=O) groups is 1. The highest BCUT2D eigenvalue weighted by Crippen LogP contribution is 2.23. The summed E-state index contributed by atoms with van der Waals surface area (Å²) in [5.41, 5.74) is 1.56. The van der Waals surface area contributed by atoms with Crippen LogP contribution < -0.4 is 10.7 Å². The molecule has 1 N–H and O–H groups in total. The van der Waals surface area contributed by atoms with Crippen LogP contribution >= 0.6 is 0 Å². The van der Waals surface area contributed by atoms with Crippen LogP contribution in [0.5, 0.6) is 0 Å². The van der Waals surface area contributed by atoms with Gasteiger partial charge >= 0.3 is 0 Å². The molecule has 5 rings (SSSR count). The number of amides is 1. The standard InChI is InChI=1S/C24H22FN5O3/c1-14-6-11-18-21(32)19(24-28-22(29-33-24)15-7-9-16(25)10-8-15)12-30(23(18)26-14)13-20(31)27-17-4-2-3-5-17/h6-12,17H,2-5,13H2,1H3,(H,27,31). The van der Waals surface area contributed by atoms with E-state index in [1.807, 2.05) is 6.92 Å². The van der Waals surface area contributed by atoms with E-state index in [-0.39, 0.29) is 47.0 Å². The van der Waals surface area contributed by atoms with Crippen molar-refractivity contribution in [2.75, 3.05) is 0 Å². The Morgan fingerprint density at radius 2 is 1.91 bits per heavy atom. The number of hydrogen-bond donors (Lipinski definition) is 1. The zero-order chi connectivity index (χ0) is 22.9. The molecule has 0 unspecified atom stereocenters. The smallest absolute Gasteiger partial charge is 0.263 e. The number of benzene rings is 1. The zero-order valence-corrected chi connectivity index (χ0v) is 18.0. The van der Waals surface area contributed by atoms with Crippen molar-refractivity contribution in [1.82, 2.24) is 25.0 Å². The highest BCUT2D eigenvalue weighted by atomic mass is 19.1. The first-order chi connectivity index (χ1) is 16.0. The Balaban J connectivity index is 1.54. The molecule has 33 heavy (non-hydrogen) atoms. The second kappa shape index (κ2) is 8.57. The van der Waals surface area contributed by atoms with E-state index in [2.05, 4.69) is 20.4 Å². The molecule has 0 atom stereocenters. The SMILES string of the molecule is Cc1ccc2c(=O)c(-c3nc(-c4ccc(F)cc4)no3)cn(CC(=O)NC3CCCC3)c2n1. The molecule has 9 heteroatoms. The Hall–Kier alpha value is -3.88. The molecule has 1 aliphatic carbocycles. The van der Waals surface area contributed by atoms with Crippen LogP contribution in [0.1, 0.15) is 31.4 Å². The van der Waals surface area contributed by atoms with E-state index in [1.54, 1.807) is 16.7 Å². The fourth-order valence-electron chi connectivity index (χ4n) is 4.18. The Bertz CT molecular complexity index is 1390. The minimum atomic E-state index is -0.376. The third kappa shape index (κ3) is 4.26. The molecule has 1 amide bonds. The van der Waals surface area contributed by atoms with Crippen LogP contribution in [0.2, 0.25) is 0 Å². The fourth-order valence-corrected chi connectivity index (χ4v) is 4.18. The van der Waals surface area contributed by atoms with E-state index in [1.165, 1.54) is 30.5 Å². The van der Waals surface area contributed by atoms with Crippen molar-refractivity contribution in [2.24, 2.45) is 0 Å². The topological polar surface area (TPSA) is 103 Å². The van der Waals surface area contributed by atoms with Gasteiger partial charge in [0.15, 0.2) is 0 Å². The van der Waals surface area contributed by atoms with Gasteiger partial charge in [-0.05, 0) is 56.2 Å². The van der Waals surface area contributed by atoms with Crippen LogP contribution in [0, 0.1) is 12.7 Å². The summed E-state index contributed by atoms with van der Waals surface area (Å²) >= 11 is 0. The maximum absolute atomic E-state index is 13.2. The number of halogens is 1. The van der Waals surface area contributed by atoms with Gasteiger partial charge in [0.1, 0.15) is 23.6 Å². The molecule has 1 saturated carbocycles. The summed E-state index contributed by atoms with van der Waals surface area (Å²) in [7, 11) is 0. The van der Waals surface area contributed by atoms with Gasteiger partial charge in [-0.2, -0.15) is 4.98 Å². The van der Waals surface area contributed by atoms with Crippen molar-refractivity contribution < 1.29 is 13.7 Å². The average Bonchev–Trinajstić information content (AvgIpc) is 3.48. The molecule has 1 fully saturated rings. The van der Waals surface area contributed by atoms with Crippen LogP contribution in [-0.2, 0) is 11.3 Å². The van der Waals surface area contributed by atoms with Crippen molar-refractivity contribution in [3.05, 3.63) is 64.3 Å². The second-order valence-corrected chi connectivity index (χ2v) is 8.30. The quantitative estimate of drug-likeness (QED) is 0.501. The molecule has 8 nitrogen and oxygen atoms in total. The van der Waals surface area contributed by atoms with Gasteiger partial charge in [0.2, 0.25) is 17.2 Å². The number of rotatable bonds is 5. The van der Waals surface area contributed by atoms with Crippen LogP contribution in [0.3, 0.4) is 0 Å².